The van der Waals surface area contributed by atoms with Crippen molar-refractivity contribution in [3.05, 3.63) is 0 Å². The summed E-state index contributed by atoms with van der Waals surface area (Å²) in [5.41, 5.74) is -0.960. The number of hydrogen-bond donors (Lipinski definition) is 1. The number of carbonyl (C=O) groups is 2. The van der Waals surface area contributed by atoms with Crippen molar-refractivity contribution in [2.24, 2.45) is 17.3 Å². The van der Waals surface area contributed by atoms with Gasteiger partial charge >= 0.3 is 5.97 Å². The van der Waals surface area contributed by atoms with Crippen LogP contribution in [0.15, 0.2) is 0 Å². The van der Waals surface area contributed by atoms with Crippen LogP contribution >= 0.6 is 0 Å². The van der Waals surface area contributed by atoms with Crippen molar-refractivity contribution in [3.8, 4) is 0 Å². The summed E-state index contributed by atoms with van der Waals surface area (Å²) in [5.74, 6) is -0.999. The lowest BCUT2D eigenvalue weighted by molar-refractivity contribution is -0.165. The lowest BCUT2D eigenvalue weighted by atomic mass is 9.66. The number of fused-ring (bicyclic) bond motifs is 2. The molecule has 0 aromatic carbocycles. The van der Waals surface area contributed by atoms with Crippen LogP contribution in [-0.4, -0.2) is 30.1 Å². The van der Waals surface area contributed by atoms with Crippen LogP contribution in [0.4, 0.5) is 0 Å². The van der Waals surface area contributed by atoms with Crippen LogP contribution in [-0.2, 0) is 14.3 Å². The molecule has 2 bridgehead atoms. The average Bonchev–Trinajstić information content (AvgIpc) is 2.48. The maximum Gasteiger partial charge on any atom is 0.319 e. The van der Waals surface area contributed by atoms with Crippen molar-refractivity contribution in [2.45, 2.75) is 32.3 Å². The molecule has 0 aliphatic heterocycles. The first kappa shape index (κ1) is 10.6. The second kappa shape index (κ2) is 3.30. The Morgan fingerprint density at radius 1 is 1.60 bits per heavy atom. The summed E-state index contributed by atoms with van der Waals surface area (Å²) in [6.07, 6.45) is 1.08. The Kier molecular flexibility index (Phi) is 2.34. The minimum atomic E-state index is -0.960. The molecule has 4 heteroatoms. The molecule has 0 amide bonds. The number of ether oxygens (including phenoxy) is 1. The van der Waals surface area contributed by atoms with E-state index in [2.05, 4.69) is 0 Å². The van der Waals surface area contributed by atoms with E-state index in [0.29, 0.717) is 19.3 Å². The van der Waals surface area contributed by atoms with E-state index in [-0.39, 0.29) is 17.6 Å². The first-order valence-electron chi connectivity index (χ1n) is 5.35. The number of aliphatic hydroxyl groups is 1. The molecule has 4 atom stereocenters. The van der Waals surface area contributed by atoms with Crippen LogP contribution in [0.25, 0.3) is 0 Å². The maximum atomic E-state index is 12.1. The molecule has 0 saturated heterocycles. The molecule has 84 valence electrons. The molecule has 0 spiro atoms. The van der Waals surface area contributed by atoms with Gasteiger partial charge in [-0.15, -0.1) is 0 Å². The summed E-state index contributed by atoms with van der Waals surface area (Å²) in [6.45, 7) is 1.85. The van der Waals surface area contributed by atoms with Crippen LogP contribution in [0, 0.1) is 17.3 Å². The highest BCUT2D eigenvalue weighted by molar-refractivity contribution is 6.07. The highest BCUT2D eigenvalue weighted by Gasteiger charge is 2.62. The molecule has 2 saturated carbocycles. The molecule has 0 aromatic rings. The van der Waals surface area contributed by atoms with Gasteiger partial charge in [-0.05, 0) is 25.2 Å². The van der Waals surface area contributed by atoms with Gasteiger partial charge < -0.3 is 9.84 Å². The van der Waals surface area contributed by atoms with E-state index in [1.54, 1.807) is 0 Å². The minimum Gasteiger partial charge on any atom is -0.468 e. The minimum absolute atomic E-state index is 0.111. The van der Waals surface area contributed by atoms with Crippen LogP contribution in [0.5, 0.6) is 0 Å². The summed E-state index contributed by atoms with van der Waals surface area (Å²) in [5, 5.41) is 9.73. The monoisotopic (exact) mass is 212 g/mol. The molecule has 4 nitrogen and oxygen atoms in total. The molecule has 0 heterocycles. The van der Waals surface area contributed by atoms with Crippen molar-refractivity contribution >= 4 is 11.8 Å². The zero-order chi connectivity index (χ0) is 11.2. The molecule has 0 unspecified atom stereocenters. The second-order valence-electron chi connectivity index (χ2n) is 4.68. The fraction of sp³-hybridized carbons (Fsp3) is 0.818. The van der Waals surface area contributed by atoms with Crippen LogP contribution in [0.3, 0.4) is 0 Å². The Morgan fingerprint density at radius 2 is 2.27 bits per heavy atom. The van der Waals surface area contributed by atoms with Gasteiger partial charge in [-0.3, -0.25) is 9.59 Å². The van der Waals surface area contributed by atoms with Crippen LogP contribution < -0.4 is 0 Å². The third-order valence-electron chi connectivity index (χ3n) is 4.08. The zero-order valence-corrected chi connectivity index (χ0v) is 9.03. The Morgan fingerprint density at radius 3 is 2.87 bits per heavy atom. The third kappa shape index (κ3) is 1.17. The number of rotatable bonds is 1. The van der Waals surface area contributed by atoms with E-state index in [1.807, 2.05) is 6.92 Å². The van der Waals surface area contributed by atoms with Gasteiger partial charge in [0.25, 0.3) is 0 Å². The number of hydrogen-bond acceptors (Lipinski definition) is 4. The molecule has 0 aromatic heterocycles. The fourth-order valence-corrected chi connectivity index (χ4v) is 3.14. The number of Topliss-reactive ketones (excluding diaryl/α,β-unsaturated/α-hetero) is 1. The maximum absolute atomic E-state index is 12.1. The smallest absolute Gasteiger partial charge is 0.319 e. The zero-order valence-electron chi connectivity index (χ0n) is 9.03. The normalized spacial score (nSPS) is 44.2. The van der Waals surface area contributed by atoms with Gasteiger partial charge in [0.2, 0.25) is 0 Å². The van der Waals surface area contributed by atoms with Gasteiger partial charge in [0.1, 0.15) is 5.41 Å². The highest BCUT2D eigenvalue weighted by Crippen LogP contribution is 2.52. The predicted molar refractivity (Wildman–Crippen MR) is 52.0 cm³/mol. The largest absolute Gasteiger partial charge is 0.468 e. The van der Waals surface area contributed by atoms with Crippen LogP contribution in [0.2, 0.25) is 0 Å². The molecule has 1 N–H and O–H groups in total. The summed E-state index contributed by atoms with van der Waals surface area (Å²) in [6, 6.07) is 0. The predicted octanol–water partition coefficient (Wildman–Crippen LogP) is 0.526. The summed E-state index contributed by atoms with van der Waals surface area (Å²) in [7, 11) is 1.31. The quantitative estimate of drug-likeness (QED) is 0.508. The van der Waals surface area contributed by atoms with Gasteiger partial charge in [-0.1, -0.05) is 6.92 Å². The Bertz CT molecular complexity index is 312. The van der Waals surface area contributed by atoms with Gasteiger partial charge in [-0.25, -0.2) is 0 Å². The van der Waals surface area contributed by atoms with Crippen LogP contribution in [0.1, 0.15) is 26.2 Å². The van der Waals surface area contributed by atoms with Crippen molar-refractivity contribution < 1.29 is 19.4 Å². The molecular formula is C11H16O4. The van der Waals surface area contributed by atoms with E-state index in [0.717, 1.165) is 0 Å². The highest BCUT2D eigenvalue weighted by atomic mass is 16.5. The third-order valence-corrected chi connectivity index (χ3v) is 4.08. The molecule has 2 aliphatic rings. The van der Waals surface area contributed by atoms with Crippen molar-refractivity contribution in [1.82, 2.24) is 0 Å². The molecule has 2 rings (SSSR count). The average molecular weight is 212 g/mol. The molecule has 0 radical (unpaired) electrons. The number of methoxy groups -OCH3 is 1. The van der Waals surface area contributed by atoms with Gasteiger partial charge in [0.05, 0.1) is 13.2 Å². The standard InChI is InChI=1S/C11H16O4/c1-6-5-8(12)7-3-4-11(6,9(7)13)10(14)15-2/h6-8,12H,3-5H2,1-2H3/t6-,7-,8+,11+/m0/s1. The lowest BCUT2D eigenvalue weighted by Gasteiger charge is -2.37. The number of carbonyl (C=O) groups excluding carboxylic acids is 2. The fourth-order valence-electron chi connectivity index (χ4n) is 3.14. The van der Waals surface area contributed by atoms with E-state index in [4.69, 9.17) is 4.74 Å². The van der Waals surface area contributed by atoms with Gasteiger partial charge in [-0.2, -0.15) is 0 Å². The van der Waals surface area contributed by atoms with E-state index < -0.39 is 17.5 Å². The summed E-state index contributed by atoms with van der Waals surface area (Å²) < 4.78 is 4.75. The molecule has 2 aliphatic carbocycles. The van der Waals surface area contributed by atoms with Crippen molar-refractivity contribution in [2.75, 3.05) is 7.11 Å². The molecule has 15 heavy (non-hydrogen) atoms. The second-order valence-corrected chi connectivity index (χ2v) is 4.68. The Labute approximate surface area is 88.6 Å². The summed E-state index contributed by atoms with van der Waals surface area (Å²) in [4.78, 5) is 23.8. The van der Waals surface area contributed by atoms with Crippen molar-refractivity contribution in [1.29, 1.82) is 0 Å². The number of ketones is 1. The first-order valence-corrected chi connectivity index (χ1v) is 5.35. The van der Waals surface area contributed by atoms with Gasteiger partial charge in [0.15, 0.2) is 5.78 Å². The Hall–Kier alpha value is -0.900. The van der Waals surface area contributed by atoms with Crippen molar-refractivity contribution in [3.63, 3.8) is 0 Å². The van der Waals surface area contributed by atoms with E-state index in [9.17, 15) is 14.7 Å². The van der Waals surface area contributed by atoms with E-state index in [1.165, 1.54) is 7.11 Å². The molecule has 2 fully saturated rings. The SMILES string of the molecule is COC(=O)[C@@]12CC[C@H](C1=O)[C@H](O)C[C@@H]2C. The lowest BCUT2D eigenvalue weighted by Crippen LogP contribution is -2.50. The summed E-state index contributed by atoms with van der Waals surface area (Å²) >= 11 is 0. The number of esters is 1. The molecular weight excluding hydrogens is 196 g/mol. The first-order chi connectivity index (χ1) is 7.04. The van der Waals surface area contributed by atoms with Gasteiger partial charge in [0, 0.05) is 5.92 Å². The Balaban J connectivity index is 2.40. The number of aliphatic hydroxyl groups excluding tert-OH is 1. The van der Waals surface area contributed by atoms with E-state index >= 15 is 0 Å². The topological polar surface area (TPSA) is 63.6 Å².